The lowest BCUT2D eigenvalue weighted by Crippen LogP contribution is -2.41. The second kappa shape index (κ2) is 11.2. The zero-order valence-corrected chi connectivity index (χ0v) is 18.9. The maximum atomic E-state index is 12.6. The maximum Gasteiger partial charge on any atom is 0.243 e. The molecular weight excluding hydrogens is 414 g/mol. The minimum Gasteiger partial charge on any atom is -0.497 e. The number of rotatable bonds is 7. The number of methoxy groups -OCH3 is 1. The second-order valence-corrected chi connectivity index (χ2v) is 8.25. The van der Waals surface area contributed by atoms with Gasteiger partial charge in [-0.3, -0.25) is 14.5 Å². The van der Waals surface area contributed by atoms with E-state index in [4.69, 9.17) is 16.3 Å². The van der Waals surface area contributed by atoms with E-state index in [9.17, 15) is 9.59 Å². The summed E-state index contributed by atoms with van der Waals surface area (Å²) in [5.41, 5.74) is 2.64. The van der Waals surface area contributed by atoms with E-state index < -0.39 is 0 Å². The summed E-state index contributed by atoms with van der Waals surface area (Å²) >= 11 is 6.09. The Labute approximate surface area is 188 Å². The van der Waals surface area contributed by atoms with Gasteiger partial charge in [0.15, 0.2) is 0 Å². The first-order valence-corrected chi connectivity index (χ1v) is 11.1. The molecule has 0 radical (unpaired) electrons. The fourth-order valence-electron chi connectivity index (χ4n) is 3.92. The van der Waals surface area contributed by atoms with Crippen molar-refractivity contribution < 1.29 is 14.3 Å². The number of hydrogen-bond donors (Lipinski definition) is 2. The summed E-state index contributed by atoms with van der Waals surface area (Å²) in [4.78, 5) is 27.1. The Morgan fingerprint density at radius 3 is 2.61 bits per heavy atom. The van der Waals surface area contributed by atoms with E-state index in [1.54, 1.807) is 25.3 Å². The summed E-state index contributed by atoms with van der Waals surface area (Å²) in [6, 6.07) is 13.6. The minimum absolute atomic E-state index is 0.0776. The van der Waals surface area contributed by atoms with Crippen molar-refractivity contribution in [1.29, 1.82) is 0 Å². The molecule has 0 aromatic heterocycles. The molecule has 1 fully saturated rings. The SMILES string of the molecule is COc1ccc([C@@H]2CCCCCN2CC(=O)NCC(=O)Nc2cccc(Cl)c2C)cc1. The van der Waals surface area contributed by atoms with Crippen molar-refractivity contribution in [3.05, 3.63) is 58.6 Å². The molecule has 6 nitrogen and oxygen atoms in total. The predicted octanol–water partition coefficient (Wildman–Crippen LogP) is 4.33. The number of anilines is 1. The molecule has 1 saturated heterocycles. The van der Waals surface area contributed by atoms with E-state index in [-0.39, 0.29) is 30.9 Å². The summed E-state index contributed by atoms with van der Waals surface area (Å²) < 4.78 is 5.26. The topological polar surface area (TPSA) is 70.7 Å². The van der Waals surface area contributed by atoms with Crippen molar-refractivity contribution in [2.75, 3.05) is 32.1 Å². The number of likely N-dealkylation sites (tertiary alicyclic amines) is 1. The summed E-state index contributed by atoms with van der Waals surface area (Å²) in [7, 11) is 1.65. The lowest BCUT2D eigenvalue weighted by molar-refractivity contribution is -0.125. The highest BCUT2D eigenvalue weighted by atomic mass is 35.5. The third kappa shape index (κ3) is 6.45. The van der Waals surface area contributed by atoms with Gasteiger partial charge in [0.25, 0.3) is 0 Å². The summed E-state index contributed by atoms with van der Waals surface area (Å²) in [5.74, 6) is 0.391. The van der Waals surface area contributed by atoms with Crippen molar-refractivity contribution in [1.82, 2.24) is 10.2 Å². The van der Waals surface area contributed by atoms with Crippen LogP contribution in [-0.4, -0.2) is 43.5 Å². The summed E-state index contributed by atoms with van der Waals surface area (Å²) in [6.07, 6.45) is 4.37. The Morgan fingerprint density at radius 2 is 1.87 bits per heavy atom. The van der Waals surface area contributed by atoms with Crippen LogP contribution < -0.4 is 15.4 Å². The van der Waals surface area contributed by atoms with Gasteiger partial charge in [-0.25, -0.2) is 0 Å². The first kappa shape index (κ1) is 23.1. The largest absolute Gasteiger partial charge is 0.497 e. The summed E-state index contributed by atoms with van der Waals surface area (Å²) in [6.45, 7) is 2.89. The van der Waals surface area contributed by atoms with Gasteiger partial charge >= 0.3 is 0 Å². The molecule has 166 valence electrons. The average Bonchev–Trinajstić information content (AvgIpc) is 3.01. The number of hydrogen-bond acceptors (Lipinski definition) is 4. The standard InChI is InChI=1S/C24H30ClN3O3/c1-17-20(25)7-6-8-21(17)27-23(29)15-26-24(30)16-28-14-5-3-4-9-22(28)18-10-12-19(31-2)13-11-18/h6-8,10-13,22H,3-5,9,14-16H2,1-2H3,(H,26,30)(H,27,29)/t22-/m0/s1. The van der Waals surface area contributed by atoms with Crippen molar-refractivity contribution in [3.8, 4) is 5.75 Å². The third-order valence-electron chi connectivity index (χ3n) is 5.70. The van der Waals surface area contributed by atoms with Crippen LogP contribution in [0.25, 0.3) is 0 Å². The van der Waals surface area contributed by atoms with Crippen LogP contribution in [0.3, 0.4) is 0 Å². The number of carbonyl (C=O) groups excluding carboxylic acids is 2. The molecule has 31 heavy (non-hydrogen) atoms. The Kier molecular flexibility index (Phi) is 8.32. The van der Waals surface area contributed by atoms with E-state index in [1.807, 2.05) is 19.1 Å². The molecule has 0 aliphatic carbocycles. The molecule has 1 aliphatic rings. The zero-order chi connectivity index (χ0) is 22.2. The molecule has 1 heterocycles. The molecule has 2 amide bonds. The van der Waals surface area contributed by atoms with E-state index in [2.05, 4.69) is 27.7 Å². The molecule has 0 bridgehead atoms. The van der Waals surface area contributed by atoms with Gasteiger partial charge in [-0.1, -0.05) is 42.6 Å². The Bertz CT molecular complexity index is 901. The van der Waals surface area contributed by atoms with Gasteiger partial charge in [-0.05, 0) is 61.7 Å². The normalized spacial score (nSPS) is 16.9. The zero-order valence-electron chi connectivity index (χ0n) is 18.1. The van der Waals surface area contributed by atoms with Gasteiger partial charge < -0.3 is 15.4 Å². The number of benzene rings is 2. The minimum atomic E-state index is -0.277. The first-order valence-electron chi connectivity index (χ1n) is 10.7. The highest BCUT2D eigenvalue weighted by molar-refractivity contribution is 6.31. The Morgan fingerprint density at radius 1 is 1.10 bits per heavy atom. The number of nitrogens with zero attached hydrogens (tertiary/aromatic N) is 1. The van der Waals surface area contributed by atoms with Crippen LogP contribution in [0.15, 0.2) is 42.5 Å². The molecule has 1 atom stereocenters. The van der Waals surface area contributed by atoms with Crippen LogP contribution in [0.1, 0.15) is 42.9 Å². The van der Waals surface area contributed by atoms with Crippen LogP contribution in [0, 0.1) is 6.92 Å². The number of amides is 2. The monoisotopic (exact) mass is 443 g/mol. The fourth-order valence-corrected chi connectivity index (χ4v) is 4.09. The number of carbonyl (C=O) groups is 2. The molecule has 0 unspecified atom stereocenters. The molecular formula is C24H30ClN3O3. The average molecular weight is 444 g/mol. The maximum absolute atomic E-state index is 12.6. The highest BCUT2D eigenvalue weighted by Crippen LogP contribution is 2.31. The first-order chi connectivity index (χ1) is 15.0. The smallest absolute Gasteiger partial charge is 0.243 e. The van der Waals surface area contributed by atoms with Crippen molar-refractivity contribution >= 4 is 29.1 Å². The van der Waals surface area contributed by atoms with E-state index in [0.29, 0.717) is 10.7 Å². The van der Waals surface area contributed by atoms with Crippen LogP contribution in [0.2, 0.25) is 5.02 Å². The fraction of sp³-hybridized carbons (Fsp3) is 0.417. The van der Waals surface area contributed by atoms with E-state index in [0.717, 1.165) is 43.5 Å². The predicted molar refractivity (Wildman–Crippen MR) is 124 cm³/mol. The Hall–Kier alpha value is -2.57. The van der Waals surface area contributed by atoms with E-state index in [1.165, 1.54) is 5.56 Å². The van der Waals surface area contributed by atoms with Crippen LogP contribution >= 0.6 is 11.6 Å². The molecule has 1 aliphatic heterocycles. The van der Waals surface area contributed by atoms with Crippen molar-refractivity contribution in [3.63, 3.8) is 0 Å². The number of halogens is 1. The molecule has 0 saturated carbocycles. The molecule has 2 aromatic carbocycles. The van der Waals surface area contributed by atoms with Gasteiger partial charge in [0.05, 0.1) is 20.2 Å². The van der Waals surface area contributed by atoms with Crippen LogP contribution in [0.5, 0.6) is 5.75 Å². The second-order valence-electron chi connectivity index (χ2n) is 7.85. The highest BCUT2D eigenvalue weighted by Gasteiger charge is 2.24. The summed E-state index contributed by atoms with van der Waals surface area (Å²) in [5, 5.41) is 6.14. The number of ether oxygens (including phenoxy) is 1. The molecule has 7 heteroatoms. The molecule has 3 rings (SSSR count). The molecule has 2 aromatic rings. The van der Waals surface area contributed by atoms with Crippen LogP contribution in [-0.2, 0) is 9.59 Å². The lowest BCUT2D eigenvalue weighted by Gasteiger charge is -2.29. The lowest BCUT2D eigenvalue weighted by atomic mass is 10.0. The van der Waals surface area contributed by atoms with Gasteiger partial charge in [0, 0.05) is 16.8 Å². The number of nitrogens with one attached hydrogen (secondary N) is 2. The van der Waals surface area contributed by atoms with Gasteiger partial charge in [-0.2, -0.15) is 0 Å². The molecule has 2 N–H and O–H groups in total. The Balaban J connectivity index is 1.56. The van der Waals surface area contributed by atoms with Crippen LogP contribution in [0.4, 0.5) is 5.69 Å². The van der Waals surface area contributed by atoms with Gasteiger partial charge in [0.1, 0.15) is 5.75 Å². The molecule has 0 spiro atoms. The van der Waals surface area contributed by atoms with Gasteiger partial charge in [0.2, 0.25) is 11.8 Å². The van der Waals surface area contributed by atoms with Crippen molar-refractivity contribution in [2.45, 2.75) is 38.6 Å². The quantitative estimate of drug-likeness (QED) is 0.668. The van der Waals surface area contributed by atoms with Gasteiger partial charge in [-0.15, -0.1) is 0 Å². The van der Waals surface area contributed by atoms with E-state index >= 15 is 0 Å². The third-order valence-corrected chi connectivity index (χ3v) is 6.11. The van der Waals surface area contributed by atoms with Crippen molar-refractivity contribution in [2.24, 2.45) is 0 Å².